The molecule has 28 aromatic rings. The molecule has 0 radical (unpaired) electrons. The van der Waals surface area contributed by atoms with Gasteiger partial charge in [0.15, 0.2) is 0 Å². The molecule has 1 N–H and O–H groups in total. The van der Waals surface area contributed by atoms with Crippen molar-refractivity contribution in [1.82, 2.24) is 5.32 Å². The summed E-state index contributed by atoms with van der Waals surface area (Å²) in [6.07, 6.45) is 0. The monoisotopic (exact) mass is 879 g/mol. The first kappa shape index (κ1) is 26.5. The molecule has 1 atom stereocenters. The second-order valence-corrected chi connectivity index (χ2v) is 26.0. The molecule has 5 aliphatic rings. The Morgan fingerprint density at radius 3 is 0.686 bits per heavy atom. The summed E-state index contributed by atoms with van der Waals surface area (Å²) in [5.41, 5.74) is 2.87. The van der Waals surface area contributed by atoms with Crippen LogP contribution in [0.5, 0.6) is 0 Å². The molecule has 2 spiro atoms. The van der Waals surface area contributed by atoms with Crippen molar-refractivity contribution in [3.63, 3.8) is 0 Å². The molecule has 1 fully saturated rings. The Bertz CT molecular complexity index is 7110. The van der Waals surface area contributed by atoms with Gasteiger partial charge in [0.05, 0.1) is 22.4 Å². The summed E-state index contributed by atoms with van der Waals surface area (Å²) in [5.74, 6) is -0.160. The first-order valence-corrected chi connectivity index (χ1v) is 26.3. The minimum absolute atomic E-state index is 0.160. The third-order valence-corrected chi connectivity index (χ3v) is 25.9. The molecule has 0 amide bonds. The molecular formula is C66H9NO2S. The lowest BCUT2D eigenvalue weighted by molar-refractivity contribution is -0.152. The van der Waals surface area contributed by atoms with E-state index in [4.69, 9.17) is 17.0 Å². The maximum atomic E-state index is 16.1. The van der Waals surface area contributed by atoms with Gasteiger partial charge in [0.25, 0.3) is 0 Å². The number of hydrogen-bond donors (Lipinski definition) is 1. The third kappa shape index (κ3) is 1.33. The fourth-order valence-corrected chi connectivity index (χ4v) is 26.0. The molecule has 296 valence electrons. The second kappa shape index (κ2) is 5.85. The topological polar surface area (TPSA) is 38.3 Å². The van der Waals surface area contributed by atoms with E-state index >= 15 is 4.79 Å². The zero-order valence-electron chi connectivity index (χ0n) is 35.9. The fraction of sp³-hybridized carbons (Fsp3) is 0.0909. The van der Waals surface area contributed by atoms with Gasteiger partial charge in [-0.25, -0.2) is 4.79 Å². The Kier molecular flexibility index (Phi) is 2.22. The van der Waals surface area contributed by atoms with E-state index in [0.717, 1.165) is 4.99 Å². The first-order valence-electron chi connectivity index (χ1n) is 25.9. The van der Waals surface area contributed by atoms with Crippen LogP contribution in [0.1, 0.15) is 36.1 Å². The fourth-order valence-electron chi connectivity index (χ4n) is 25.4. The van der Waals surface area contributed by atoms with Crippen LogP contribution in [-0.2, 0) is 20.4 Å². The highest BCUT2D eigenvalue weighted by Gasteiger charge is 2.82. The second-order valence-electron chi connectivity index (χ2n) is 25.5. The largest absolute Gasteiger partial charge is 0.464 e. The van der Waals surface area contributed by atoms with Gasteiger partial charge in [0, 0.05) is 0 Å². The molecule has 0 bridgehead atoms. The lowest BCUT2D eigenvalue weighted by Crippen LogP contribution is -2.64. The number of ether oxygens (including phenoxy) is 1. The summed E-state index contributed by atoms with van der Waals surface area (Å²) in [5, 5.41) is 87.8. The summed E-state index contributed by atoms with van der Waals surface area (Å²) in [4.78, 5) is 16.9. The van der Waals surface area contributed by atoms with Crippen molar-refractivity contribution in [2.75, 3.05) is 6.61 Å². The average Bonchev–Trinajstić information content (AvgIpc) is 4.25. The predicted molar refractivity (Wildman–Crippen MR) is 295 cm³/mol. The van der Waals surface area contributed by atoms with E-state index in [1.54, 1.807) is 172 Å². The highest BCUT2D eigenvalue weighted by atomic mass is 32.1. The van der Waals surface area contributed by atoms with Gasteiger partial charge in [0.1, 0.15) is 5.54 Å². The van der Waals surface area contributed by atoms with Crippen LogP contribution >= 0.6 is 12.2 Å². The molecule has 1 heterocycles. The Labute approximate surface area is 385 Å². The first-order chi connectivity index (χ1) is 34.6. The molecule has 28 aromatic carbocycles. The van der Waals surface area contributed by atoms with Gasteiger partial charge in [-0.1, -0.05) is 12.2 Å². The van der Waals surface area contributed by atoms with Gasteiger partial charge < -0.3 is 10.1 Å². The summed E-state index contributed by atoms with van der Waals surface area (Å²) in [6, 6.07) is 0. The summed E-state index contributed by atoms with van der Waals surface area (Å²) < 4.78 is 6.56. The summed E-state index contributed by atoms with van der Waals surface area (Å²) in [6.45, 7) is 4.58. The zero-order chi connectivity index (χ0) is 42.3. The van der Waals surface area contributed by atoms with E-state index in [1.807, 2.05) is 6.92 Å². The van der Waals surface area contributed by atoms with E-state index in [-0.39, 0.29) is 5.97 Å². The van der Waals surface area contributed by atoms with Crippen LogP contribution in [0.15, 0.2) is 0 Å². The van der Waals surface area contributed by atoms with Crippen LogP contribution in [0, 0.1) is 0 Å². The van der Waals surface area contributed by atoms with Crippen LogP contribution < -0.4 is 5.32 Å². The average molecular weight is 880 g/mol. The van der Waals surface area contributed by atoms with Gasteiger partial charge in [-0.2, -0.15) is 0 Å². The Morgan fingerprint density at radius 1 is 0.329 bits per heavy atom. The SMILES string of the molecule is CCOC(=O)[C@@]1(C)NC(=S)C23c4c5c6c7c8c9c(c%10c%11c2c2c4c4c%12c5c5c6c6c8c8c%13c9c9c%10c%10c%11c%11c2c2c4c4c%12c%12c5c5c6c8c6c8c%13c9c9c%10c%10c%11c2c2c4c4c%12c5c6c5c8c9c%10c2c45)C731. The normalized spacial score (nSPS) is 24.6. The smallest absolute Gasteiger partial charge is 0.332 e. The Hall–Kier alpha value is -8.18. The van der Waals surface area contributed by atoms with Crippen LogP contribution in [0.2, 0.25) is 0 Å². The quantitative estimate of drug-likeness (QED) is 0.107. The molecule has 0 saturated carbocycles. The molecule has 4 aliphatic carbocycles. The van der Waals surface area contributed by atoms with Crippen LogP contribution in [0.25, 0.3) is 291 Å². The highest BCUT2D eigenvalue weighted by Crippen LogP contribution is 2.86. The maximum absolute atomic E-state index is 16.1. The zero-order valence-corrected chi connectivity index (χ0v) is 36.7. The van der Waals surface area contributed by atoms with E-state index in [2.05, 4.69) is 12.2 Å². The molecule has 0 unspecified atom stereocenters. The molecule has 1 saturated heterocycles. The summed E-state index contributed by atoms with van der Waals surface area (Å²) >= 11 is 7.36. The Morgan fingerprint density at radius 2 is 0.500 bits per heavy atom. The van der Waals surface area contributed by atoms with E-state index in [1.165, 1.54) is 141 Å². The van der Waals surface area contributed by atoms with Gasteiger partial charge in [-0.05, 0) is 327 Å². The molecule has 3 nitrogen and oxygen atoms in total. The van der Waals surface area contributed by atoms with Gasteiger partial charge in [-0.3, -0.25) is 0 Å². The van der Waals surface area contributed by atoms with Crippen molar-refractivity contribution in [3.05, 3.63) is 22.3 Å². The number of carbonyl (C=O) groups excluding carboxylic acids is 1. The van der Waals surface area contributed by atoms with Crippen molar-refractivity contribution >= 4 is 314 Å². The lowest BCUT2D eigenvalue weighted by atomic mass is 9.45. The van der Waals surface area contributed by atoms with E-state index in [9.17, 15) is 0 Å². The number of thiocarbonyl (C=S) groups is 1. The molecule has 33 rings (SSSR count). The van der Waals surface area contributed by atoms with Crippen molar-refractivity contribution in [2.24, 2.45) is 0 Å². The lowest BCUT2D eigenvalue weighted by Gasteiger charge is -2.53. The predicted octanol–water partition coefficient (Wildman–Crippen LogP) is 16.5. The molecular weight excluding hydrogens is 871 g/mol. The molecule has 1 aliphatic heterocycles. The van der Waals surface area contributed by atoms with Crippen molar-refractivity contribution in [3.8, 4) is 0 Å². The minimum atomic E-state index is -1.19. The van der Waals surface area contributed by atoms with Crippen molar-refractivity contribution < 1.29 is 9.53 Å². The van der Waals surface area contributed by atoms with Gasteiger partial charge in [-0.15, -0.1) is 0 Å². The molecule has 4 heteroatoms. The number of hydrogen-bond acceptors (Lipinski definition) is 3. The number of esters is 1. The van der Waals surface area contributed by atoms with E-state index in [0.29, 0.717) is 6.61 Å². The van der Waals surface area contributed by atoms with E-state index < -0.39 is 16.4 Å². The number of carbonyl (C=O) groups is 1. The maximum Gasteiger partial charge on any atom is 0.332 e. The standard InChI is InChI=1S/C66H9NO2S/c1-3-69-63(68)64(2)66-60-54-48-38-26-18-10-6-4-5-8-12(10)20(26)30-24-16(8)17-9(5)13-11-7(4)15-14(6)22-28(18)36-42-32(22)33-23(15)29-19(11)27-21(13)31-25(17)35-34(24)46(40(30)48)56(60)57-47(35)41(31)49-39(27)45-37(29)43(33)51-50(42)58(52(54)44(36)38)65(66,62(70)67-64)59(51)53(45)55(49)61(57)66/h3H2,1-2H3,(H,67,70)/t64-,65?,66?/m1/s1. The third-order valence-electron chi connectivity index (χ3n) is 25.5. The van der Waals surface area contributed by atoms with Crippen LogP contribution in [-0.4, -0.2) is 23.1 Å². The van der Waals surface area contributed by atoms with Crippen molar-refractivity contribution in [2.45, 2.75) is 30.2 Å². The number of rotatable bonds is 2. The number of benzene rings is 18. The number of nitrogens with one attached hydrogen (secondary N) is 1. The van der Waals surface area contributed by atoms with Crippen LogP contribution in [0.4, 0.5) is 0 Å². The van der Waals surface area contributed by atoms with Crippen molar-refractivity contribution in [1.29, 1.82) is 0 Å². The summed E-state index contributed by atoms with van der Waals surface area (Å²) in [7, 11) is 0. The van der Waals surface area contributed by atoms with Gasteiger partial charge in [0.2, 0.25) is 0 Å². The van der Waals surface area contributed by atoms with Crippen LogP contribution in [0.3, 0.4) is 0 Å². The minimum Gasteiger partial charge on any atom is -0.464 e. The molecule has 0 aromatic heterocycles. The highest BCUT2D eigenvalue weighted by molar-refractivity contribution is 7.80. The van der Waals surface area contributed by atoms with Gasteiger partial charge >= 0.3 is 5.97 Å². The molecule has 70 heavy (non-hydrogen) atoms. The Balaban J connectivity index is 1.22.